The van der Waals surface area contributed by atoms with Crippen molar-refractivity contribution in [2.45, 2.75) is 64.3 Å². The van der Waals surface area contributed by atoms with Crippen molar-refractivity contribution in [2.24, 2.45) is 5.92 Å². The molecule has 3 heterocycles. The highest BCUT2D eigenvalue weighted by molar-refractivity contribution is 5.79. The first kappa shape index (κ1) is 19.5. The number of carbonyl (C=O) groups is 1. The first-order chi connectivity index (χ1) is 14.7. The summed E-state index contributed by atoms with van der Waals surface area (Å²) >= 11 is 0. The Morgan fingerprint density at radius 2 is 1.83 bits per heavy atom. The van der Waals surface area contributed by atoms with E-state index in [0.29, 0.717) is 5.91 Å². The van der Waals surface area contributed by atoms with Crippen molar-refractivity contribution in [1.29, 1.82) is 0 Å². The molecule has 1 saturated heterocycles. The number of aryl methyl sites for hydroxylation is 1. The zero-order valence-electron chi connectivity index (χ0n) is 18.0. The van der Waals surface area contributed by atoms with Crippen LogP contribution >= 0.6 is 0 Å². The van der Waals surface area contributed by atoms with Gasteiger partial charge in [-0.15, -0.1) is 0 Å². The van der Waals surface area contributed by atoms with Gasteiger partial charge in [-0.1, -0.05) is 43.2 Å². The zero-order chi connectivity index (χ0) is 20.5. The van der Waals surface area contributed by atoms with Crippen LogP contribution in [0.5, 0.6) is 0 Å². The van der Waals surface area contributed by atoms with Crippen LogP contribution in [0.25, 0.3) is 0 Å². The molecule has 5 nitrogen and oxygen atoms in total. The van der Waals surface area contributed by atoms with Crippen molar-refractivity contribution in [3.05, 3.63) is 53.0 Å². The van der Waals surface area contributed by atoms with Crippen LogP contribution in [0.15, 0.2) is 30.3 Å². The van der Waals surface area contributed by atoms with Crippen LogP contribution < -0.4 is 4.90 Å². The smallest absolute Gasteiger partial charge is 0.225 e. The molecule has 2 aromatic rings. The van der Waals surface area contributed by atoms with E-state index in [1.165, 1.54) is 24.0 Å². The number of aromatic nitrogens is 2. The van der Waals surface area contributed by atoms with E-state index >= 15 is 0 Å². The van der Waals surface area contributed by atoms with E-state index in [9.17, 15) is 4.79 Å². The van der Waals surface area contributed by atoms with Gasteiger partial charge in [-0.05, 0) is 44.6 Å². The molecule has 2 aliphatic heterocycles. The normalized spacial score (nSPS) is 21.8. The predicted octanol–water partition coefficient (Wildman–Crippen LogP) is 4.24. The molecule has 1 aromatic carbocycles. The number of fused-ring (bicyclic) bond motifs is 1. The highest BCUT2D eigenvalue weighted by Crippen LogP contribution is 2.34. The second kappa shape index (κ2) is 8.37. The molecule has 1 amide bonds. The average Bonchev–Trinajstić information content (AvgIpc) is 3.47. The van der Waals surface area contributed by atoms with Crippen LogP contribution in [0.4, 0.5) is 5.82 Å². The fraction of sp³-hybridized carbons (Fsp3) is 0.560. The summed E-state index contributed by atoms with van der Waals surface area (Å²) in [6, 6.07) is 10.6. The molecule has 0 bridgehead atoms. The number of carbonyl (C=O) groups excluding carboxylic acids is 1. The third-order valence-corrected chi connectivity index (χ3v) is 7.15. The molecule has 1 aromatic heterocycles. The summed E-state index contributed by atoms with van der Waals surface area (Å²) in [6.07, 6.45) is 7.75. The molecule has 0 spiro atoms. The lowest BCUT2D eigenvalue weighted by atomic mass is 10.0. The van der Waals surface area contributed by atoms with Crippen LogP contribution in [0.3, 0.4) is 0 Å². The number of amides is 1. The lowest BCUT2D eigenvalue weighted by Crippen LogP contribution is -2.33. The predicted molar refractivity (Wildman–Crippen MR) is 118 cm³/mol. The first-order valence-corrected chi connectivity index (χ1v) is 11.6. The van der Waals surface area contributed by atoms with Gasteiger partial charge >= 0.3 is 0 Å². The fourth-order valence-electron chi connectivity index (χ4n) is 5.45. The van der Waals surface area contributed by atoms with Gasteiger partial charge < -0.3 is 9.80 Å². The van der Waals surface area contributed by atoms with Gasteiger partial charge in [0, 0.05) is 49.3 Å². The number of benzene rings is 1. The standard InChI is InChI=1S/C25H32N4O/c1-18-22-12-7-14-28(16-19-8-3-2-4-9-19)24(22)27-23(26-18)21-13-15-29(17-21)25(30)20-10-5-6-11-20/h2-4,8-9,20-21H,5-7,10-17H2,1H3/t21-/m1/s1. The van der Waals surface area contributed by atoms with Gasteiger partial charge in [0.15, 0.2) is 0 Å². The summed E-state index contributed by atoms with van der Waals surface area (Å²) in [5, 5.41) is 0. The van der Waals surface area contributed by atoms with Crippen molar-refractivity contribution >= 4 is 11.7 Å². The Morgan fingerprint density at radius 1 is 1.03 bits per heavy atom. The molecule has 0 unspecified atom stereocenters. The minimum atomic E-state index is 0.260. The Morgan fingerprint density at radius 3 is 2.63 bits per heavy atom. The van der Waals surface area contributed by atoms with E-state index in [1.807, 2.05) is 0 Å². The van der Waals surface area contributed by atoms with E-state index in [4.69, 9.17) is 9.97 Å². The summed E-state index contributed by atoms with van der Waals surface area (Å²) in [4.78, 5) is 27.4. The summed E-state index contributed by atoms with van der Waals surface area (Å²) in [5.74, 6) is 2.95. The minimum Gasteiger partial charge on any atom is -0.352 e. The quantitative estimate of drug-likeness (QED) is 0.765. The summed E-state index contributed by atoms with van der Waals surface area (Å²) in [6.45, 7) is 5.70. The number of hydrogen-bond acceptors (Lipinski definition) is 4. The van der Waals surface area contributed by atoms with Gasteiger partial charge in [0.25, 0.3) is 0 Å². The van der Waals surface area contributed by atoms with Gasteiger partial charge in [-0.2, -0.15) is 0 Å². The molecule has 1 saturated carbocycles. The maximum Gasteiger partial charge on any atom is 0.225 e. The van der Waals surface area contributed by atoms with Gasteiger partial charge in [0.05, 0.1) is 0 Å². The van der Waals surface area contributed by atoms with Gasteiger partial charge in [0.1, 0.15) is 11.6 Å². The molecule has 30 heavy (non-hydrogen) atoms. The Bertz CT molecular complexity index is 907. The van der Waals surface area contributed by atoms with Crippen LogP contribution in [0.1, 0.15) is 67.1 Å². The summed E-state index contributed by atoms with van der Waals surface area (Å²) in [7, 11) is 0. The summed E-state index contributed by atoms with van der Waals surface area (Å²) in [5.41, 5.74) is 3.74. The molecule has 2 fully saturated rings. The van der Waals surface area contributed by atoms with Crippen LogP contribution in [-0.4, -0.2) is 40.4 Å². The van der Waals surface area contributed by atoms with Crippen molar-refractivity contribution in [2.75, 3.05) is 24.5 Å². The number of rotatable bonds is 4. The number of anilines is 1. The Balaban J connectivity index is 1.36. The molecular formula is C25H32N4O. The highest BCUT2D eigenvalue weighted by Gasteiger charge is 2.34. The molecule has 5 rings (SSSR count). The third-order valence-electron chi connectivity index (χ3n) is 7.15. The second-order valence-electron chi connectivity index (χ2n) is 9.23. The molecule has 5 heteroatoms. The van der Waals surface area contributed by atoms with Gasteiger partial charge in [0.2, 0.25) is 5.91 Å². The molecule has 0 N–H and O–H groups in total. The third kappa shape index (κ3) is 3.82. The topological polar surface area (TPSA) is 49.3 Å². The van der Waals surface area contributed by atoms with Gasteiger partial charge in [-0.3, -0.25) is 4.79 Å². The maximum absolute atomic E-state index is 12.9. The minimum absolute atomic E-state index is 0.260. The monoisotopic (exact) mass is 404 g/mol. The van der Waals surface area contributed by atoms with E-state index in [1.54, 1.807) is 0 Å². The summed E-state index contributed by atoms with van der Waals surface area (Å²) < 4.78 is 0. The lowest BCUT2D eigenvalue weighted by molar-refractivity contribution is -0.134. The van der Waals surface area contributed by atoms with E-state index in [0.717, 1.165) is 75.6 Å². The number of nitrogens with zero attached hydrogens (tertiary/aromatic N) is 4. The molecule has 1 aliphatic carbocycles. The van der Waals surface area contributed by atoms with Crippen LogP contribution in [0, 0.1) is 12.8 Å². The average molecular weight is 405 g/mol. The molecule has 158 valence electrons. The first-order valence-electron chi connectivity index (χ1n) is 11.6. The second-order valence-corrected chi connectivity index (χ2v) is 9.23. The zero-order valence-corrected chi connectivity index (χ0v) is 18.0. The Hall–Kier alpha value is -2.43. The number of likely N-dealkylation sites (tertiary alicyclic amines) is 1. The molecule has 1 atom stereocenters. The Labute approximate surface area is 179 Å². The van der Waals surface area contributed by atoms with Crippen molar-refractivity contribution < 1.29 is 4.79 Å². The fourth-order valence-corrected chi connectivity index (χ4v) is 5.45. The van der Waals surface area contributed by atoms with Crippen LogP contribution in [0.2, 0.25) is 0 Å². The maximum atomic E-state index is 12.9. The SMILES string of the molecule is Cc1nc([C@@H]2CCN(C(=O)C3CCCC3)C2)nc2c1CCCN2Cc1ccccc1. The van der Waals surface area contributed by atoms with Crippen molar-refractivity contribution in [1.82, 2.24) is 14.9 Å². The van der Waals surface area contributed by atoms with E-state index in [2.05, 4.69) is 47.1 Å². The van der Waals surface area contributed by atoms with E-state index in [-0.39, 0.29) is 11.8 Å². The van der Waals surface area contributed by atoms with Crippen molar-refractivity contribution in [3.63, 3.8) is 0 Å². The van der Waals surface area contributed by atoms with Crippen LogP contribution in [-0.2, 0) is 17.8 Å². The molecule has 3 aliphatic rings. The number of hydrogen-bond donors (Lipinski definition) is 0. The molecular weight excluding hydrogens is 372 g/mol. The molecule has 0 radical (unpaired) electrons. The largest absolute Gasteiger partial charge is 0.352 e. The van der Waals surface area contributed by atoms with Gasteiger partial charge in [-0.25, -0.2) is 9.97 Å². The van der Waals surface area contributed by atoms with Crippen molar-refractivity contribution in [3.8, 4) is 0 Å². The van der Waals surface area contributed by atoms with E-state index < -0.39 is 0 Å². The lowest BCUT2D eigenvalue weighted by Gasteiger charge is -2.31. The Kier molecular flexibility index (Phi) is 5.45. The highest BCUT2D eigenvalue weighted by atomic mass is 16.2.